The van der Waals surface area contributed by atoms with E-state index < -0.39 is 17.1 Å². The maximum atomic E-state index is 12.0. The van der Waals surface area contributed by atoms with Crippen molar-refractivity contribution in [2.75, 3.05) is 16.8 Å². The summed E-state index contributed by atoms with van der Waals surface area (Å²) in [5.74, 6) is -0.435. The lowest BCUT2D eigenvalue weighted by atomic mass is 10.2. The van der Waals surface area contributed by atoms with Gasteiger partial charge in [0, 0.05) is 7.05 Å². The molecule has 1 unspecified atom stereocenters. The average molecular weight is 274 g/mol. The molecule has 0 saturated heterocycles. The lowest BCUT2D eigenvalue weighted by Crippen LogP contribution is -2.39. The standard InChI is InChI=1S/C13H14N4O3/c1-7-16(2)8-5-3-4-6-9(8)17(7)10-11(18)14-13(20)15-12(10)19/h3-7H,1-2H3,(H3,14,15,18,19,20). The number of nitrogens with zero attached hydrogens (tertiary/aromatic N) is 2. The van der Waals surface area contributed by atoms with E-state index in [1.54, 1.807) is 4.90 Å². The molecule has 1 aromatic carbocycles. The van der Waals surface area contributed by atoms with Gasteiger partial charge in [-0.1, -0.05) is 12.1 Å². The zero-order chi connectivity index (χ0) is 14.4. The number of hydrogen-bond donors (Lipinski definition) is 3. The minimum Gasteiger partial charge on any atom is -0.493 e. The first-order chi connectivity index (χ1) is 9.50. The van der Waals surface area contributed by atoms with E-state index in [2.05, 4.69) is 9.97 Å². The van der Waals surface area contributed by atoms with Crippen molar-refractivity contribution in [3.8, 4) is 5.88 Å². The summed E-state index contributed by atoms with van der Waals surface area (Å²) in [4.78, 5) is 31.2. The lowest BCUT2D eigenvalue weighted by Gasteiger charge is -2.26. The minimum atomic E-state index is -0.732. The third-order valence-electron chi connectivity index (χ3n) is 3.59. The Morgan fingerprint density at radius 1 is 1.15 bits per heavy atom. The van der Waals surface area contributed by atoms with Crippen LogP contribution in [0.15, 0.2) is 33.9 Å². The molecule has 0 amide bonds. The van der Waals surface area contributed by atoms with Crippen molar-refractivity contribution in [1.82, 2.24) is 9.97 Å². The molecule has 1 aromatic heterocycles. The van der Waals surface area contributed by atoms with Crippen LogP contribution >= 0.6 is 0 Å². The number of H-pyrrole nitrogens is 2. The molecule has 0 aliphatic carbocycles. The molecule has 3 rings (SSSR count). The van der Waals surface area contributed by atoms with Gasteiger partial charge in [-0.25, -0.2) is 4.79 Å². The van der Waals surface area contributed by atoms with Crippen LogP contribution in [0.5, 0.6) is 5.88 Å². The fourth-order valence-electron chi connectivity index (χ4n) is 2.54. The minimum absolute atomic E-state index is 0.0360. The second-order valence-corrected chi connectivity index (χ2v) is 4.71. The summed E-state index contributed by atoms with van der Waals surface area (Å²) in [6, 6.07) is 7.55. The van der Waals surface area contributed by atoms with Crippen LogP contribution < -0.4 is 21.0 Å². The molecule has 2 aromatic rings. The molecule has 2 heterocycles. The Bertz CT molecular complexity index is 780. The summed E-state index contributed by atoms with van der Waals surface area (Å²) in [6.45, 7) is 1.91. The number of para-hydroxylation sites is 2. The highest BCUT2D eigenvalue weighted by molar-refractivity contribution is 5.84. The van der Waals surface area contributed by atoms with Crippen molar-refractivity contribution < 1.29 is 5.11 Å². The molecule has 104 valence electrons. The summed E-state index contributed by atoms with van der Waals surface area (Å²) in [5, 5.41) is 9.93. The van der Waals surface area contributed by atoms with Gasteiger partial charge in [-0.05, 0) is 19.1 Å². The van der Waals surface area contributed by atoms with Gasteiger partial charge < -0.3 is 14.9 Å². The Balaban J connectivity index is 2.26. The van der Waals surface area contributed by atoms with Gasteiger partial charge in [0.2, 0.25) is 5.88 Å². The van der Waals surface area contributed by atoms with Crippen LogP contribution in [0.1, 0.15) is 6.92 Å². The number of benzene rings is 1. The summed E-state index contributed by atoms with van der Waals surface area (Å²) in [5.41, 5.74) is 0.433. The van der Waals surface area contributed by atoms with Crippen molar-refractivity contribution in [3.63, 3.8) is 0 Å². The van der Waals surface area contributed by atoms with E-state index in [9.17, 15) is 14.7 Å². The number of hydrogen-bond acceptors (Lipinski definition) is 5. The second-order valence-electron chi connectivity index (χ2n) is 4.71. The Kier molecular flexibility index (Phi) is 2.56. The molecule has 7 heteroatoms. The van der Waals surface area contributed by atoms with Gasteiger partial charge in [-0.15, -0.1) is 0 Å². The molecule has 1 aliphatic heterocycles. The van der Waals surface area contributed by atoms with Crippen LogP contribution in [0.4, 0.5) is 17.1 Å². The largest absolute Gasteiger partial charge is 0.493 e. The van der Waals surface area contributed by atoms with Crippen LogP contribution in [0, 0.1) is 0 Å². The fourth-order valence-corrected chi connectivity index (χ4v) is 2.54. The molecule has 20 heavy (non-hydrogen) atoms. The molecule has 1 atom stereocenters. The summed E-state index contributed by atoms with van der Waals surface area (Å²) >= 11 is 0. The number of fused-ring (bicyclic) bond motifs is 1. The van der Waals surface area contributed by atoms with Gasteiger partial charge in [-0.2, -0.15) is 0 Å². The van der Waals surface area contributed by atoms with Gasteiger partial charge in [0.15, 0.2) is 5.69 Å². The zero-order valence-electron chi connectivity index (χ0n) is 11.0. The molecule has 0 spiro atoms. The Hall–Kier alpha value is -2.70. The highest BCUT2D eigenvalue weighted by Gasteiger charge is 2.34. The normalized spacial score (nSPS) is 17.4. The fraction of sp³-hybridized carbons (Fsp3) is 0.231. The summed E-state index contributed by atoms with van der Waals surface area (Å²) < 4.78 is 0. The number of anilines is 3. The number of aromatic amines is 2. The van der Waals surface area contributed by atoms with Crippen molar-refractivity contribution in [1.29, 1.82) is 0 Å². The maximum Gasteiger partial charge on any atom is 0.328 e. The van der Waals surface area contributed by atoms with E-state index in [0.29, 0.717) is 0 Å². The van der Waals surface area contributed by atoms with Crippen LogP contribution in [-0.4, -0.2) is 28.3 Å². The zero-order valence-corrected chi connectivity index (χ0v) is 11.0. The summed E-state index contributed by atoms with van der Waals surface area (Å²) in [6.07, 6.45) is -0.162. The Morgan fingerprint density at radius 2 is 1.80 bits per heavy atom. The topological polar surface area (TPSA) is 92.4 Å². The van der Waals surface area contributed by atoms with Crippen molar-refractivity contribution in [3.05, 3.63) is 45.1 Å². The molecular weight excluding hydrogens is 260 g/mol. The van der Waals surface area contributed by atoms with Crippen LogP contribution in [-0.2, 0) is 0 Å². The van der Waals surface area contributed by atoms with Crippen molar-refractivity contribution in [2.24, 2.45) is 0 Å². The number of rotatable bonds is 1. The quantitative estimate of drug-likeness (QED) is 0.712. The monoisotopic (exact) mass is 274 g/mol. The molecule has 0 saturated carbocycles. The molecule has 3 N–H and O–H groups in total. The molecular formula is C13H14N4O3. The third-order valence-corrected chi connectivity index (χ3v) is 3.59. The lowest BCUT2D eigenvalue weighted by molar-refractivity contribution is 0.447. The first-order valence-corrected chi connectivity index (χ1v) is 6.17. The van der Waals surface area contributed by atoms with Crippen LogP contribution in [0.2, 0.25) is 0 Å². The van der Waals surface area contributed by atoms with E-state index in [0.717, 1.165) is 11.4 Å². The third kappa shape index (κ3) is 1.59. The molecule has 0 bridgehead atoms. The van der Waals surface area contributed by atoms with Gasteiger partial charge in [0.1, 0.15) is 6.17 Å². The first kappa shape index (κ1) is 12.3. The SMILES string of the molecule is CC1N(C)c2ccccc2N1c1c(O)[nH]c(=O)[nH]c1=O. The van der Waals surface area contributed by atoms with Crippen molar-refractivity contribution in [2.45, 2.75) is 13.1 Å². The first-order valence-electron chi connectivity index (χ1n) is 6.17. The molecule has 7 nitrogen and oxygen atoms in total. The molecule has 1 aliphatic rings. The number of aromatic hydroxyl groups is 1. The van der Waals surface area contributed by atoms with E-state index in [-0.39, 0.29) is 11.9 Å². The Morgan fingerprint density at radius 3 is 2.45 bits per heavy atom. The number of nitrogens with one attached hydrogen (secondary N) is 2. The highest BCUT2D eigenvalue weighted by Crippen LogP contribution is 2.43. The van der Waals surface area contributed by atoms with Crippen molar-refractivity contribution >= 4 is 17.1 Å². The van der Waals surface area contributed by atoms with Gasteiger partial charge in [-0.3, -0.25) is 14.8 Å². The average Bonchev–Trinajstić information content (AvgIpc) is 2.64. The second kappa shape index (κ2) is 4.16. The molecule has 0 radical (unpaired) electrons. The van der Waals surface area contributed by atoms with E-state index in [4.69, 9.17) is 0 Å². The smallest absolute Gasteiger partial charge is 0.328 e. The van der Waals surface area contributed by atoms with E-state index in [1.807, 2.05) is 43.1 Å². The maximum absolute atomic E-state index is 12.0. The van der Waals surface area contributed by atoms with Gasteiger partial charge in [0.05, 0.1) is 11.4 Å². The molecule has 0 fully saturated rings. The van der Waals surface area contributed by atoms with E-state index >= 15 is 0 Å². The van der Waals surface area contributed by atoms with Gasteiger partial charge in [0.25, 0.3) is 5.56 Å². The predicted molar refractivity (Wildman–Crippen MR) is 75.8 cm³/mol. The predicted octanol–water partition coefficient (Wildman–Crippen LogP) is 0.703. The van der Waals surface area contributed by atoms with E-state index in [1.165, 1.54) is 0 Å². The Labute approximate surface area is 114 Å². The van der Waals surface area contributed by atoms with Crippen LogP contribution in [0.3, 0.4) is 0 Å². The highest BCUT2D eigenvalue weighted by atomic mass is 16.3. The van der Waals surface area contributed by atoms with Gasteiger partial charge >= 0.3 is 5.69 Å². The number of aromatic nitrogens is 2. The van der Waals surface area contributed by atoms with Crippen LogP contribution in [0.25, 0.3) is 0 Å². The summed E-state index contributed by atoms with van der Waals surface area (Å²) in [7, 11) is 1.90.